The molecule has 0 spiro atoms. The van der Waals surface area contributed by atoms with E-state index >= 15 is 0 Å². The Balaban J connectivity index is 3.28. The Hall–Kier alpha value is -0.560. The van der Waals surface area contributed by atoms with Gasteiger partial charge in [0.05, 0.1) is 0 Å². The Labute approximate surface area is 64.0 Å². The van der Waals surface area contributed by atoms with Crippen molar-refractivity contribution in [3.05, 3.63) is 24.8 Å². The molecule has 0 saturated heterocycles. The first-order valence-corrected chi connectivity index (χ1v) is 3.75. The van der Waals surface area contributed by atoms with Crippen molar-refractivity contribution < 1.29 is 0 Å². The Kier molecular flexibility index (Phi) is 6.19. The van der Waals surface area contributed by atoms with Gasteiger partial charge >= 0.3 is 0 Å². The molecule has 0 aliphatic carbocycles. The van der Waals surface area contributed by atoms with E-state index in [0.717, 1.165) is 19.5 Å². The number of hydrogen-bond acceptors (Lipinski definition) is 1. The van der Waals surface area contributed by atoms with Crippen LogP contribution in [0.1, 0.15) is 13.3 Å². The van der Waals surface area contributed by atoms with Gasteiger partial charge in [0.15, 0.2) is 0 Å². The van der Waals surface area contributed by atoms with Gasteiger partial charge in [-0.15, -0.1) is 6.58 Å². The Morgan fingerprint density at radius 1 is 1.30 bits per heavy atom. The van der Waals surface area contributed by atoms with E-state index in [2.05, 4.69) is 37.6 Å². The average molecular weight is 139 g/mol. The van der Waals surface area contributed by atoms with E-state index in [1.807, 2.05) is 6.08 Å². The smallest absolute Gasteiger partial charge is 0.0163 e. The summed E-state index contributed by atoms with van der Waals surface area (Å²) in [7, 11) is 2.08. The fourth-order valence-electron chi connectivity index (χ4n) is 0.716. The highest BCUT2D eigenvalue weighted by Gasteiger charge is 1.87. The van der Waals surface area contributed by atoms with Gasteiger partial charge in [-0.1, -0.05) is 25.2 Å². The Morgan fingerprint density at radius 3 is 2.50 bits per heavy atom. The highest BCUT2D eigenvalue weighted by molar-refractivity contribution is 4.84. The first kappa shape index (κ1) is 9.44. The van der Waals surface area contributed by atoms with Gasteiger partial charge in [0, 0.05) is 13.1 Å². The highest BCUT2D eigenvalue weighted by Crippen LogP contribution is 1.85. The molecule has 0 aliphatic heterocycles. The Morgan fingerprint density at radius 2 is 2.00 bits per heavy atom. The summed E-state index contributed by atoms with van der Waals surface area (Å²) >= 11 is 0. The lowest BCUT2D eigenvalue weighted by Crippen LogP contribution is -2.17. The van der Waals surface area contributed by atoms with Crippen LogP contribution < -0.4 is 0 Å². The van der Waals surface area contributed by atoms with Crippen LogP contribution in [0.5, 0.6) is 0 Å². The second kappa shape index (κ2) is 6.56. The second-order valence-corrected chi connectivity index (χ2v) is 2.39. The molecule has 0 rings (SSSR count). The van der Waals surface area contributed by atoms with Crippen LogP contribution in [0.15, 0.2) is 24.8 Å². The van der Waals surface area contributed by atoms with Gasteiger partial charge in [-0.3, -0.25) is 4.90 Å². The zero-order chi connectivity index (χ0) is 7.82. The summed E-state index contributed by atoms with van der Waals surface area (Å²) in [6.07, 6.45) is 7.41. The molecule has 0 radical (unpaired) electrons. The van der Waals surface area contributed by atoms with Gasteiger partial charge in [0.25, 0.3) is 0 Å². The minimum atomic E-state index is 0.966. The number of nitrogens with zero attached hydrogens (tertiary/aromatic N) is 1. The predicted molar refractivity (Wildman–Crippen MR) is 47.1 cm³/mol. The standard InChI is InChI=1S/C9H17N/c1-4-6-7-9-10(3)8-5-2/h5-7H,2,4,8-9H2,1,3H3/b7-6+. The van der Waals surface area contributed by atoms with Crippen molar-refractivity contribution in [2.75, 3.05) is 20.1 Å². The van der Waals surface area contributed by atoms with Gasteiger partial charge in [0.1, 0.15) is 0 Å². The minimum absolute atomic E-state index is 0.966. The fourth-order valence-corrected chi connectivity index (χ4v) is 0.716. The molecule has 1 nitrogen and oxygen atoms in total. The second-order valence-electron chi connectivity index (χ2n) is 2.39. The molecule has 0 unspecified atom stereocenters. The van der Waals surface area contributed by atoms with E-state index in [0.29, 0.717) is 0 Å². The summed E-state index contributed by atoms with van der Waals surface area (Å²) in [5, 5.41) is 0. The first-order valence-electron chi connectivity index (χ1n) is 3.75. The summed E-state index contributed by atoms with van der Waals surface area (Å²) in [5.74, 6) is 0. The normalized spacial score (nSPS) is 11.1. The van der Waals surface area contributed by atoms with Crippen molar-refractivity contribution >= 4 is 0 Å². The van der Waals surface area contributed by atoms with Crippen LogP contribution in [-0.2, 0) is 0 Å². The molecule has 0 amide bonds. The number of likely N-dealkylation sites (N-methyl/N-ethyl adjacent to an activating group) is 1. The molecule has 1 heteroatoms. The van der Waals surface area contributed by atoms with Gasteiger partial charge in [-0.05, 0) is 13.5 Å². The van der Waals surface area contributed by atoms with E-state index in [4.69, 9.17) is 0 Å². The maximum Gasteiger partial charge on any atom is 0.0163 e. The lowest BCUT2D eigenvalue weighted by molar-refractivity contribution is 0.412. The van der Waals surface area contributed by atoms with Crippen LogP contribution >= 0.6 is 0 Å². The molecule has 0 aromatic heterocycles. The van der Waals surface area contributed by atoms with Crippen molar-refractivity contribution in [1.29, 1.82) is 0 Å². The van der Waals surface area contributed by atoms with E-state index in [9.17, 15) is 0 Å². The fraction of sp³-hybridized carbons (Fsp3) is 0.556. The molecule has 0 heterocycles. The van der Waals surface area contributed by atoms with Crippen LogP contribution in [0.4, 0.5) is 0 Å². The molecular formula is C9H17N. The first-order chi connectivity index (χ1) is 4.81. The third kappa shape index (κ3) is 5.57. The number of rotatable bonds is 5. The maximum atomic E-state index is 3.66. The minimum Gasteiger partial charge on any atom is -0.299 e. The third-order valence-corrected chi connectivity index (χ3v) is 1.26. The molecule has 0 aliphatic rings. The lowest BCUT2D eigenvalue weighted by Gasteiger charge is -2.09. The molecule has 0 bridgehead atoms. The number of hydrogen-bond donors (Lipinski definition) is 0. The summed E-state index contributed by atoms with van der Waals surface area (Å²) < 4.78 is 0. The molecule has 10 heavy (non-hydrogen) atoms. The zero-order valence-electron chi connectivity index (χ0n) is 7.01. The van der Waals surface area contributed by atoms with Crippen LogP contribution in [0.2, 0.25) is 0 Å². The van der Waals surface area contributed by atoms with E-state index in [-0.39, 0.29) is 0 Å². The predicted octanol–water partition coefficient (Wildman–Crippen LogP) is 2.07. The van der Waals surface area contributed by atoms with Crippen molar-refractivity contribution in [1.82, 2.24) is 4.90 Å². The highest BCUT2D eigenvalue weighted by atomic mass is 15.1. The van der Waals surface area contributed by atoms with E-state index < -0.39 is 0 Å². The van der Waals surface area contributed by atoms with E-state index in [1.165, 1.54) is 0 Å². The monoisotopic (exact) mass is 139 g/mol. The molecule has 0 atom stereocenters. The maximum absolute atomic E-state index is 3.66. The zero-order valence-corrected chi connectivity index (χ0v) is 7.01. The summed E-state index contributed by atoms with van der Waals surface area (Å²) in [4.78, 5) is 2.21. The topological polar surface area (TPSA) is 3.24 Å². The lowest BCUT2D eigenvalue weighted by atomic mass is 10.4. The van der Waals surface area contributed by atoms with Gasteiger partial charge in [0.2, 0.25) is 0 Å². The summed E-state index contributed by atoms with van der Waals surface area (Å²) in [6.45, 7) is 7.80. The molecule has 0 fully saturated rings. The SMILES string of the molecule is C=CCN(C)C/C=C/CC. The average Bonchev–Trinajstić information content (AvgIpc) is 1.89. The van der Waals surface area contributed by atoms with Gasteiger partial charge in [-0.2, -0.15) is 0 Å². The third-order valence-electron chi connectivity index (χ3n) is 1.26. The van der Waals surface area contributed by atoms with Crippen LogP contribution in [0.3, 0.4) is 0 Å². The number of allylic oxidation sites excluding steroid dienone is 1. The molecule has 0 saturated carbocycles. The van der Waals surface area contributed by atoms with Crippen LogP contribution in [-0.4, -0.2) is 25.0 Å². The van der Waals surface area contributed by atoms with Gasteiger partial charge < -0.3 is 0 Å². The molecule has 0 aromatic carbocycles. The van der Waals surface area contributed by atoms with Crippen LogP contribution in [0, 0.1) is 0 Å². The summed E-state index contributed by atoms with van der Waals surface area (Å²) in [6, 6.07) is 0. The molecule has 0 N–H and O–H groups in total. The van der Waals surface area contributed by atoms with Crippen molar-refractivity contribution in [2.45, 2.75) is 13.3 Å². The largest absolute Gasteiger partial charge is 0.299 e. The van der Waals surface area contributed by atoms with Crippen molar-refractivity contribution in [2.24, 2.45) is 0 Å². The Bertz CT molecular complexity index is 105. The molecule has 58 valence electrons. The van der Waals surface area contributed by atoms with Crippen molar-refractivity contribution in [3.8, 4) is 0 Å². The molecular weight excluding hydrogens is 122 g/mol. The summed E-state index contributed by atoms with van der Waals surface area (Å²) in [5.41, 5.74) is 0. The van der Waals surface area contributed by atoms with Crippen molar-refractivity contribution in [3.63, 3.8) is 0 Å². The molecule has 0 aromatic rings. The van der Waals surface area contributed by atoms with E-state index in [1.54, 1.807) is 0 Å². The van der Waals surface area contributed by atoms with Crippen LogP contribution in [0.25, 0.3) is 0 Å². The quantitative estimate of drug-likeness (QED) is 0.527. The van der Waals surface area contributed by atoms with Gasteiger partial charge in [-0.25, -0.2) is 0 Å².